The van der Waals surface area contributed by atoms with Crippen LogP contribution < -0.4 is 9.62 Å². The van der Waals surface area contributed by atoms with Crippen molar-refractivity contribution >= 4 is 38.8 Å². The van der Waals surface area contributed by atoms with Gasteiger partial charge in [0.05, 0.1) is 16.3 Å². The van der Waals surface area contributed by atoms with Gasteiger partial charge in [0.2, 0.25) is 0 Å². The second kappa shape index (κ2) is 7.68. The lowest BCUT2D eigenvalue weighted by Crippen LogP contribution is -2.30. The highest BCUT2D eigenvalue weighted by Gasteiger charge is 2.20. The second-order valence-electron chi connectivity index (χ2n) is 6.40. The lowest BCUT2D eigenvalue weighted by molar-refractivity contribution is 0.101. The van der Waals surface area contributed by atoms with Gasteiger partial charge < -0.3 is 4.90 Å². The van der Waals surface area contributed by atoms with E-state index in [1.165, 1.54) is 25.5 Å². The quantitative estimate of drug-likeness (QED) is 0.769. The van der Waals surface area contributed by atoms with Crippen LogP contribution in [0.15, 0.2) is 47.4 Å². The maximum atomic E-state index is 12.8. The van der Waals surface area contributed by atoms with Gasteiger partial charge in [0, 0.05) is 23.7 Å². The molecule has 1 aliphatic heterocycles. The first-order valence-corrected chi connectivity index (χ1v) is 10.4. The molecular weight excluding hydrogens is 372 g/mol. The molecule has 0 amide bonds. The predicted molar refractivity (Wildman–Crippen MR) is 105 cm³/mol. The molecular formula is C19H21ClN2O3S. The van der Waals surface area contributed by atoms with Crippen molar-refractivity contribution in [3.05, 3.63) is 53.1 Å². The van der Waals surface area contributed by atoms with Gasteiger partial charge >= 0.3 is 0 Å². The summed E-state index contributed by atoms with van der Waals surface area (Å²) in [4.78, 5) is 13.8. The maximum Gasteiger partial charge on any atom is 0.261 e. The average Bonchev–Trinajstić information content (AvgIpc) is 2.62. The number of benzene rings is 2. The lowest BCUT2D eigenvalue weighted by atomic mass is 10.1. The van der Waals surface area contributed by atoms with Crippen molar-refractivity contribution in [1.82, 2.24) is 0 Å². The molecule has 1 fully saturated rings. The molecule has 2 aromatic carbocycles. The highest BCUT2D eigenvalue weighted by Crippen LogP contribution is 2.32. The second-order valence-corrected chi connectivity index (χ2v) is 8.52. The zero-order chi connectivity index (χ0) is 18.7. The summed E-state index contributed by atoms with van der Waals surface area (Å²) in [6.45, 7) is 3.18. The molecule has 0 saturated carbocycles. The number of rotatable bonds is 5. The Morgan fingerprint density at radius 2 is 1.81 bits per heavy atom. The van der Waals surface area contributed by atoms with Crippen LogP contribution in [0.2, 0.25) is 5.02 Å². The molecule has 1 N–H and O–H groups in total. The number of sulfonamides is 1. The van der Waals surface area contributed by atoms with Crippen LogP contribution in [-0.4, -0.2) is 27.3 Å². The van der Waals surface area contributed by atoms with E-state index in [0.717, 1.165) is 31.6 Å². The lowest BCUT2D eigenvalue weighted by Gasteiger charge is -2.30. The van der Waals surface area contributed by atoms with E-state index in [0.29, 0.717) is 16.3 Å². The third-order valence-electron chi connectivity index (χ3n) is 4.45. The van der Waals surface area contributed by atoms with Crippen LogP contribution in [0.4, 0.5) is 11.4 Å². The van der Waals surface area contributed by atoms with E-state index in [4.69, 9.17) is 11.6 Å². The van der Waals surface area contributed by atoms with Crippen molar-refractivity contribution in [2.45, 2.75) is 31.1 Å². The third-order valence-corrected chi connectivity index (χ3v) is 6.05. The fraction of sp³-hybridized carbons (Fsp3) is 0.316. The topological polar surface area (TPSA) is 66.5 Å². The minimum absolute atomic E-state index is 0.0507. The van der Waals surface area contributed by atoms with Crippen LogP contribution in [-0.2, 0) is 10.0 Å². The Bertz CT molecular complexity index is 922. The first-order chi connectivity index (χ1) is 12.4. The fourth-order valence-corrected chi connectivity index (χ4v) is 4.37. The third kappa shape index (κ3) is 4.19. The van der Waals surface area contributed by atoms with Crippen molar-refractivity contribution in [2.24, 2.45) is 0 Å². The molecule has 138 valence electrons. The Morgan fingerprint density at radius 3 is 2.50 bits per heavy atom. The van der Waals surface area contributed by atoms with Gasteiger partial charge in [-0.3, -0.25) is 9.52 Å². The van der Waals surface area contributed by atoms with Gasteiger partial charge in [-0.15, -0.1) is 0 Å². The largest absolute Gasteiger partial charge is 0.370 e. The number of nitrogens with zero attached hydrogens (tertiary/aromatic N) is 1. The Morgan fingerprint density at radius 1 is 1.08 bits per heavy atom. The summed E-state index contributed by atoms with van der Waals surface area (Å²) in [7, 11) is -3.83. The van der Waals surface area contributed by atoms with E-state index >= 15 is 0 Å². The molecule has 5 nitrogen and oxygen atoms in total. The maximum absolute atomic E-state index is 12.8. The summed E-state index contributed by atoms with van der Waals surface area (Å²) in [5, 5.41) is 0.459. The number of nitrogens with one attached hydrogen (secondary N) is 1. The Balaban J connectivity index is 1.95. The van der Waals surface area contributed by atoms with Crippen LogP contribution in [0.5, 0.6) is 0 Å². The summed E-state index contributed by atoms with van der Waals surface area (Å²) < 4.78 is 28.3. The van der Waals surface area contributed by atoms with Gasteiger partial charge in [0.15, 0.2) is 5.78 Å². The summed E-state index contributed by atoms with van der Waals surface area (Å²) in [6, 6.07) is 11.2. The van der Waals surface area contributed by atoms with E-state index in [9.17, 15) is 13.2 Å². The zero-order valence-electron chi connectivity index (χ0n) is 14.5. The highest BCUT2D eigenvalue weighted by molar-refractivity contribution is 7.92. The Hall–Kier alpha value is -2.05. The number of halogens is 1. The predicted octanol–water partition coefficient (Wildman–Crippen LogP) is 4.33. The van der Waals surface area contributed by atoms with Crippen molar-refractivity contribution < 1.29 is 13.2 Å². The molecule has 2 aromatic rings. The van der Waals surface area contributed by atoms with Crippen molar-refractivity contribution in [3.63, 3.8) is 0 Å². The van der Waals surface area contributed by atoms with Gasteiger partial charge in [0.1, 0.15) is 0 Å². The molecule has 0 radical (unpaired) electrons. The summed E-state index contributed by atoms with van der Waals surface area (Å²) in [5.74, 6) is -0.182. The highest BCUT2D eigenvalue weighted by atomic mass is 35.5. The summed E-state index contributed by atoms with van der Waals surface area (Å²) in [6.07, 6.45) is 3.34. The number of piperidine rings is 1. The van der Waals surface area contributed by atoms with Gasteiger partial charge in [-0.1, -0.05) is 23.7 Å². The molecule has 0 aliphatic carbocycles. The Labute approximate surface area is 159 Å². The zero-order valence-corrected chi connectivity index (χ0v) is 16.1. The number of anilines is 2. The van der Waals surface area contributed by atoms with Gasteiger partial charge in [0.25, 0.3) is 10.0 Å². The first-order valence-electron chi connectivity index (χ1n) is 8.55. The molecule has 1 saturated heterocycles. The van der Waals surface area contributed by atoms with Crippen LogP contribution in [0, 0.1) is 0 Å². The molecule has 0 unspecified atom stereocenters. The molecule has 0 bridgehead atoms. The molecule has 0 atom stereocenters. The van der Waals surface area contributed by atoms with E-state index in [1.54, 1.807) is 24.3 Å². The van der Waals surface area contributed by atoms with Crippen LogP contribution in [0.3, 0.4) is 0 Å². The van der Waals surface area contributed by atoms with Crippen molar-refractivity contribution in [1.29, 1.82) is 0 Å². The molecule has 3 rings (SSSR count). The Kier molecular flexibility index (Phi) is 5.53. The van der Waals surface area contributed by atoms with E-state index in [1.807, 2.05) is 6.07 Å². The van der Waals surface area contributed by atoms with E-state index in [-0.39, 0.29) is 10.7 Å². The number of carbonyl (C=O) groups is 1. The normalized spacial score (nSPS) is 14.9. The van der Waals surface area contributed by atoms with Crippen LogP contribution in [0.25, 0.3) is 0 Å². The number of hydrogen-bond acceptors (Lipinski definition) is 4. The average molecular weight is 393 g/mol. The smallest absolute Gasteiger partial charge is 0.261 e. The van der Waals surface area contributed by atoms with Gasteiger partial charge in [-0.2, -0.15) is 0 Å². The molecule has 1 aliphatic rings. The van der Waals surface area contributed by atoms with Crippen LogP contribution in [0.1, 0.15) is 36.5 Å². The number of ketones is 1. The van der Waals surface area contributed by atoms with Crippen LogP contribution >= 0.6 is 11.6 Å². The van der Waals surface area contributed by atoms with Gasteiger partial charge in [-0.05, 0) is 56.5 Å². The fourth-order valence-electron chi connectivity index (χ4n) is 3.09. The molecule has 1 heterocycles. The summed E-state index contributed by atoms with van der Waals surface area (Å²) in [5.41, 5.74) is 1.63. The molecule has 26 heavy (non-hydrogen) atoms. The summed E-state index contributed by atoms with van der Waals surface area (Å²) >= 11 is 6.10. The van der Waals surface area contributed by atoms with Crippen molar-refractivity contribution in [2.75, 3.05) is 22.7 Å². The number of carbonyl (C=O) groups excluding carboxylic acids is 1. The van der Waals surface area contributed by atoms with E-state index in [2.05, 4.69) is 9.62 Å². The molecule has 7 heteroatoms. The monoisotopic (exact) mass is 392 g/mol. The van der Waals surface area contributed by atoms with Crippen molar-refractivity contribution in [3.8, 4) is 0 Å². The minimum atomic E-state index is -3.83. The SMILES string of the molecule is CC(=O)c1cccc(S(=O)(=O)Nc2cc(Cl)ccc2N2CCCCC2)c1. The minimum Gasteiger partial charge on any atom is -0.370 e. The number of hydrogen-bond donors (Lipinski definition) is 1. The number of Topliss-reactive ketones (excluding diaryl/α,β-unsaturated/α-hetero) is 1. The molecule has 0 aromatic heterocycles. The standard InChI is InChI=1S/C19H21ClN2O3S/c1-14(23)15-6-5-7-17(12-15)26(24,25)21-18-13-16(20)8-9-19(18)22-10-3-2-4-11-22/h5-9,12-13,21H,2-4,10-11H2,1H3. The van der Waals surface area contributed by atoms with E-state index < -0.39 is 10.0 Å². The first kappa shape index (κ1) is 18.7. The van der Waals surface area contributed by atoms with Gasteiger partial charge in [-0.25, -0.2) is 8.42 Å². The molecule has 0 spiro atoms.